The highest BCUT2D eigenvalue weighted by Gasteiger charge is 2.13. The highest BCUT2D eigenvalue weighted by molar-refractivity contribution is 6.31. The molecule has 0 fully saturated rings. The van der Waals surface area contributed by atoms with Gasteiger partial charge in [0.2, 0.25) is 5.88 Å². The van der Waals surface area contributed by atoms with Gasteiger partial charge in [-0.1, -0.05) is 11.6 Å². The fourth-order valence-corrected chi connectivity index (χ4v) is 1.69. The Labute approximate surface area is 96.4 Å². The van der Waals surface area contributed by atoms with Crippen LogP contribution >= 0.6 is 11.6 Å². The third kappa shape index (κ3) is 1.67. The number of aromatic carboxylic acids is 1. The summed E-state index contributed by atoms with van der Waals surface area (Å²) in [5.41, 5.74) is 0.110. The van der Waals surface area contributed by atoms with Gasteiger partial charge in [-0.05, 0) is 18.2 Å². The maximum absolute atomic E-state index is 11.0. The molecule has 0 spiro atoms. The topological polar surface area (TPSA) is 59.4 Å². The zero-order chi connectivity index (χ0) is 11.7. The van der Waals surface area contributed by atoms with E-state index in [1.165, 1.54) is 13.3 Å². The normalized spacial score (nSPS) is 10.4. The van der Waals surface area contributed by atoms with Crippen molar-refractivity contribution in [2.24, 2.45) is 0 Å². The van der Waals surface area contributed by atoms with Crippen LogP contribution in [0.2, 0.25) is 5.02 Å². The molecule has 1 N–H and O–H groups in total. The smallest absolute Gasteiger partial charge is 0.337 e. The van der Waals surface area contributed by atoms with Crippen molar-refractivity contribution in [3.63, 3.8) is 0 Å². The summed E-state index contributed by atoms with van der Waals surface area (Å²) in [7, 11) is 1.48. The molecule has 0 saturated carbocycles. The molecule has 1 aromatic carbocycles. The Morgan fingerprint density at radius 2 is 2.19 bits per heavy atom. The SMILES string of the molecule is COc1ncc(C(=O)O)c2cc(Cl)ccc12. The number of methoxy groups -OCH3 is 1. The van der Waals surface area contributed by atoms with E-state index in [2.05, 4.69) is 4.98 Å². The lowest BCUT2D eigenvalue weighted by Crippen LogP contribution is -2.00. The minimum atomic E-state index is -1.04. The number of pyridine rings is 1. The van der Waals surface area contributed by atoms with E-state index in [0.29, 0.717) is 21.7 Å². The number of aromatic nitrogens is 1. The summed E-state index contributed by atoms with van der Waals surface area (Å²) in [4.78, 5) is 14.9. The summed E-state index contributed by atoms with van der Waals surface area (Å²) in [5, 5.41) is 10.6. The van der Waals surface area contributed by atoms with Gasteiger partial charge in [-0.15, -0.1) is 0 Å². The van der Waals surface area contributed by atoms with E-state index in [4.69, 9.17) is 21.4 Å². The predicted molar refractivity (Wildman–Crippen MR) is 60.3 cm³/mol. The summed E-state index contributed by atoms with van der Waals surface area (Å²) < 4.78 is 5.05. The molecular weight excluding hydrogens is 230 g/mol. The molecule has 0 aliphatic heterocycles. The third-order valence-electron chi connectivity index (χ3n) is 2.24. The molecule has 0 aliphatic carbocycles. The minimum absolute atomic E-state index is 0.110. The Bertz CT molecular complexity index is 568. The molecule has 0 radical (unpaired) electrons. The highest BCUT2D eigenvalue weighted by atomic mass is 35.5. The molecule has 82 valence electrons. The van der Waals surface area contributed by atoms with Crippen LogP contribution in [0.5, 0.6) is 5.88 Å². The molecule has 0 bridgehead atoms. The number of carboxylic acid groups (broad SMARTS) is 1. The van der Waals surface area contributed by atoms with Crippen molar-refractivity contribution < 1.29 is 14.6 Å². The molecule has 0 atom stereocenters. The van der Waals surface area contributed by atoms with Gasteiger partial charge in [0.25, 0.3) is 0 Å². The van der Waals surface area contributed by atoms with Crippen molar-refractivity contribution in [2.45, 2.75) is 0 Å². The van der Waals surface area contributed by atoms with Crippen LogP contribution in [0, 0.1) is 0 Å². The van der Waals surface area contributed by atoms with Crippen LogP contribution in [0.1, 0.15) is 10.4 Å². The summed E-state index contributed by atoms with van der Waals surface area (Å²) >= 11 is 5.84. The monoisotopic (exact) mass is 237 g/mol. The standard InChI is InChI=1S/C11H8ClNO3/c1-16-10-7-3-2-6(12)4-8(7)9(5-13-10)11(14)15/h2-5H,1H3,(H,14,15). The first-order valence-corrected chi connectivity index (χ1v) is 4.87. The lowest BCUT2D eigenvalue weighted by molar-refractivity contribution is 0.0698. The molecule has 1 aromatic heterocycles. The van der Waals surface area contributed by atoms with Gasteiger partial charge < -0.3 is 9.84 Å². The Morgan fingerprint density at radius 1 is 1.44 bits per heavy atom. The maximum Gasteiger partial charge on any atom is 0.337 e. The van der Waals surface area contributed by atoms with Gasteiger partial charge in [-0.25, -0.2) is 9.78 Å². The average molecular weight is 238 g/mol. The Hall–Kier alpha value is -1.81. The van der Waals surface area contributed by atoms with Crippen LogP contribution in [0.4, 0.5) is 0 Å². The predicted octanol–water partition coefficient (Wildman–Crippen LogP) is 2.60. The quantitative estimate of drug-likeness (QED) is 0.872. The molecule has 5 heteroatoms. The number of halogens is 1. The van der Waals surface area contributed by atoms with Gasteiger partial charge in [0.1, 0.15) is 0 Å². The first kappa shape index (κ1) is 10.7. The molecule has 0 aliphatic rings. The van der Waals surface area contributed by atoms with Crippen LogP contribution < -0.4 is 4.74 Å². The summed E-state index contributed by atoms with van der Waals surface area (Å²) in [6.07, 6.45) is 1.26. The molecule has 0 saturated heterocycles. The highest BCUT2D eigenvalue weighted by Crippen LogP contribution is 2.28. The first-order chi connectivity index (χ1) is 7.63. The summed E-state index contributed by atoms with van der Waals surface area (Å²) in [6, 6.07) is 4.94. The molecule has 1 heterocycles. The first-order valence-electron chi connectivity index (χ1n) is 4.49. The second kappa shape index (κ2) is 3.98. The van der Waals surface area contributed by atoms with E-state index in [1.54, 1.807) is 18.2 Å². The Kier molecular flexibility index (Phi) is 2.66. The van der Waals surface area contributed by atoms with E-state index in [1.807, 2.05) is 0 Å². The van der Waals surface area contributed by atoms with Gasteiger partial charge in [-0.2, -0.15) is 0 Å². The van der Waals surface area contributed by atoms with Crippen molar-refractivity contribution >= 4 is 28.3 Å². The fraction of sp³-hybridized carbons (Fsp3) is 0.0909. The third-order valence-corrected chi connectivity index (χ3v) is 2.47. The number of hydrogen-bond acceptors (Lipinski definition) is 3. The summed E-state index contributed by atoms with van der Waals surface area (Å²) in [5.74, 6) is -0.654. The van der Waals surface area contributed by atoms with Crippen molar-refractivity contribution in [2.75, 3.05) is 7.11 Å². The van der Waals surface area contributed by atoms with E-state index >= 15 is 0 Å². The summed E-state index contributed by atoms with van der Waals surface area (Å²) in [6.45, 7) is 0. The van der Waals surface area contributed by atoms with Gasteiger partial charge in [0, 0.05) is 22.0 Å². The Morgan fingerprint density at radius 3 is 2.81 bits per heavy atom. The van der Waals surface area contributed by atoms with Crippen LogP contribution in [0.25, 0.3) is 10.8 Å². The Balaban J connectivity index is 2.85. The molecule has 4 nitrogen and oxygen atoms in total. The number of carbonyl (C=O) groups is 1. The molecule has 0 amide bonds. The number of rotatable bonds is 2. The van der Waals surface area contributed by atoms with E-state index in [9.17, 15) is 4.79 Å². The number of nitrogens with zero attached hydrogens (tertiary/aromatic N) is 1. The van der Waals surface area contributed by atoms with Crippen molar-refractivity contribution in [1.29, 1.82) is 0 Å². The number of carboxylic acids is 1. The fourth-order valence-electron chi connectivity index (χ4n) is 1.52. The number of fused-ring (bicyclic) bond motifs is 1. The van der Waals surface area contributed by atoms with E-state index in [-0.39, 0.29) is 5.56 Å². The second-order valence-corrected chi connectivity index (χ2v) is 3.61. The second-order valence-electron chi connectivity index (χ2n) is 3.18. The van der Waals surface area contributed by atoms with Gasteiger partial charge in [0.15, 0.2) is 0 Å². The lowest BCUT2D eigenvalue weighted by Gasteiger charge is -2.06. The van der Waals surface area contributed by atoms with Crippen LogP contribution in [0.3, 0.4) is 0 Å². The van der Waals surface area contributed by atoms with Crippen molar-refractivity contribution in [3.05, 3.63) is 35.0 Å². The molecule has 2 aromatic rings. The molecule has 16 heavy (non-hydrogen) atoms. The molecule has 2 rings (SSSR count). The number of hydrogen-bond donors (Lipinski definition) is 1. The molecule has 0 unspecified atom stereocenters. The van der Waals surface area contributed by atoms with Crippen LogP contribution in [0.15, 0.2) is 24.4 Å². The average Bonchev–Trinajstić information content (AvgIpc) is 2.26. The zero-order valence-corrected chi connectivity index (χ0v) is 9.15. The maximum atomic E-state index is 11.0. The zero-order valence-electron chi connectivity index (χ0n) is 8.40. The molecular formula is C11H8ClNO3. The van der Waals surface area contributed by atoms with Crippen LogP contribution in [-0.2, 0) is 0 Å². The van der Waals surface area contributed by atoms with Crippen LogP contribution in [-0.4, -0.2) is 23.2 Å². The lowest BCUT2D eigenvalue weighted by atomic mass is 10.1. The number of benzene rings is 1. The van der Waals surface area contributed by atoms with E-state index < -0.39 is 5.97 Å². The number of ether oxygens (including phenoxy) is 1. The van der Waals surface area contributed by atoms with Crippen molar-refractivity contribution in [1.82, 2.24) is 4.98 Å². The van der Waals surface area contributed by atoms with Gasteiger partial charge in [-0.3, -0.25) is 0 Å². The van der Waals surface area contributed by atoms with E-state index in [0.717, 1.165) is 0 Å². The van der Waals surface area contributed by atoms with Gasteiger partial charge in [0.05, 0.1) is 12.7 Å². The van der Waals surface area contributed by atoms with Crippen molar-refractivity contribution in [3.8, 4) is 5.88 Å². The van der Waals surface area contributed by atoms with Gasteiger partial charge >= 0.3 is 5.97 Å². The minimum Gasteiger partial charge on any atom is -0.481 e. The largest absolute Gasteiger partial charge is 0.481 e.